The molecule has 2 aromatic carbocycles. The highest BCUT2D eigenvalue weighted by Gasteiger charge is 2.15. The van der Waals surface area contributed by atoms with E-state index in [1.54, 1.807) is 18.7 Å². The first-order chi connectivity index (χ1) is 11.6. The first kappa shape index (κ1) is 18.4. The molecule has 128 valence electrons. The number of aliphatic hydroxyl groups is 1. The number of anilines is 1. The molecular weight excluding hydrogens is 320 g/mol. The Kier molecular flexibility index (Phi) is 7.15. The van der Waals surface area contributed by atoms with Crippen molar-refractivity contribution >= 4 is 23.5 Å². The summed E-state index contributed by atoms with van der Waals surface area (Å²) in [4.78, 5) is 13.2. The van der Waals surface area contributed by atoms with Gasteiger partial charge in [-0.1, -0.05) is 36.4 Å². The van der Waals surface area contributed by atoms with Gasteiger partial charge in [-0.25, -0.2) is 4.79 Å². The normalized spacial score (nSPS) is 13.1. The van der Waals surface area contributed by atoms with E-state index in [1.165, 1.54) is 0 Å². The van der Waals surface area contributed by atoms with E-state index in [2.05, 4.69) is 10.6 Å². The quantitative estimate of drug-likeness (QED) is 0.663. The van der Waals surface area contributed by atoms with E-state index >= 15 is 0 Å². The Morgan fingerprint density at radius 3 is 2.58 bits per heavy atom. The first-order valence-corrected chi connectivity index (χ1v) is 9.23. The molecule has 4 nitrogen and oxygen atoms in total. The van der Waals surface area contributed by atoms with Crippen LogP contribution < -0.4 is 10.6 Å². The summed E-state index contributed by atoms with van der Waals surface area (Å²) >= 11 is 1.63. The lowest BCUT2D eigenvalue weighted by atomic mass is 9.93. The summed E-state index contributed by atoms with van der Waals surface area (Å²) < 4.78 is 0. The van der Waals surface area contributed by atoms with Gasteiger partial charge in [0.05, 0.1) is 6.10 Å². The highest BCUT2D eigenvalue weighted by Crippen LogP contribution is 2.21. The third-order valence-electron chi connectivity index (χ3n) is 3.73. The molecule has 2 atom stereocenters. The van der Waals surface area contributed by atoms with E-state index in [9.17, 15) is 9.90 Å². The molecule has 0 heterocycles. The van der Waals surface area contributed by atoms with Crippen LogP contribution in [0, 0.1) is 0 Å². The lowest BCUT2D eigenvalue weighted by Crippen LogP contribution is -2.33. The summed E-state index contributed by atoms with van der Waals surface area (Å²) in [6.07, 6.45) is 2.18. The van der Waals surface area contributed by atoms with Gasteiger partial charge in [0.25, 0.3) is 0 Å². The monoisotopic (exact) mass is 344 g/mol. The van der Waals surface area contributed by atoms with Gasteiger partial charge in [-0.3, -0.25) is 0 Å². The lowest BCUT2D eigenvalue weighted by Gasteiger charge is -2.20. The van der Waals surface area contributed by atoms with Crippen molar-refractivity contribution in [2.75, 3.05) is 18.1 Å². The number of carbonyl (C=O) groups excluding carboxylic acids is 1. The van der Waals surface area contributed by atoms with E-state index in [-0.39, 0.29) is 11.9 Å². The number of urea groups is 1. The van der Waals surface area contributed by atoms with Crippen molar-refractivity contribution in [1.29, 1.82) is 0 Å². The second kappa shape index (κ2) is 9.35. The van der Waals surface area contributed by atoms with Crippen molar-refractivity contribution in [2.45, 2.75) is 30.3 Å². The average molecular weight is 344 g/mol. The highest BCUT2D eigenvalue weighted by atomic mass is 32.2. The van der Waals surface area contributed by atoms with Crippen molar-refractivity contribution in [2.24, 2.45) is 0 Å². The molecule has 0 aliphatic heterocycles. The Labute approximate surface area is 147 Å². The Bertz CT molecular complexity index is 647. The van der Waals surface area contributed by atoms with Crippen LogP contribution >= 0.6 is 11.8 Å². The number of hydrogen-bond acceptors (Lipinski definition) is 3. The van der Waals surface area contributed by atoms with Gasteiger partial charge < -0.3 is 15.7 Å². The molecule has 0 radical (unpaired) electrons. The number of aliphatic hydroxyl groups excluding tert-OH is 1. The van der Waals surface area contributed by atoms with Crippen LogP contribution in [0.5, 0.6) is 0 Å². The third-order valence-corrected chi connectivity index (χ3v) is 4.46. The fourth-order valence-electron chi connectivity index (χ4n) is 2.57. The molecule has 0 bridgehead atoms. The van der Waals surface area contributed by atoms with Crippen LogP contribution in [-0.4, -0.2) is 30.0 Å². The molecule has 2 rings (SSSR count). The Morgan fingerprint density at radius 2 is 1.92 bits per heavy atom. The maximum atomic E-state index is 12.1. The number of thioether (sulfide) groups is 1. The number of hydrogen-bond donors (Lipinski definition) is 3. The Hall–Kier alpha value is -1.98. The third kappa shape index (κ3) is 5.91. The van der Waals surface area contributed by atoms with Crippen molar-refractivity contribution in [3.05, 3.63) is 60.2 Å². The SMILES string of the molecule is CSc1cccc(NC(=O)NCC(CC(C)O)c2ccccc2)c1. The fraction of sp³-hybridized carbons (Fsp3) is 0.316. The van der Waals surface area contributed by atoms with E-state index in [4.69, 9.17) is 0 Å². The predicted molar refractivity (Wildman–Crippen MR) is 101 cm³/mol. The molecule has 5 heteroatoms. The molecule has 2 unspecified atom stereocenters. The minimum Gasteiger partial charge on any atom is -0.393 e. The number of nitrogens with one attached hydrogen (secondary N) is 2. The summed E-state index contributed by atoms with van der Waals surface area (Å²) in [5, 5.41) is 15.5. The molecule has 0 aliphatic rings. The Balaban J connectivity index is 1.94. The number of amides is 2. The number of benzene rings is 2. The average Bonchev–Trinajstić information content (AvgIpc) is 2.59. The smallest absolute Gasteiger partial charge is 0.319 e. The van der Waals surface area contributed by atoms with Crippen LogP contribution in [0.4, 0.5) is 10.5 Å². The maximum Gasteiger partial charge on any atom is 0.319 e. The largest absolute Gasteiger partial charge is 0.393 e. The second-order valence-electron chi connectivity index (χ2n) is 5.76. The summed E-state index contributed by atoms with van der Waals surface area (Å²) in [6, 6.07) is 17.4. The highest BCUT2D eigenvalue weighted by molar-refractivity contribution is 7.98. The van der Waals surface area contributed by atoms with Gasteiger partial charge in [-0.05, 0) is 43.4 Å². The summed E-state index contributed by atoms with van der Waals surface area (Å²) in [5.74, 6) is 0.0782. The van der Waals surface area contributed by atoms with Crippen LogP contribution in [0.25, 0.3) is 0 Å². The zero-order valence-electron chi connectivity index (χ0n) is 14.0. The molecule has 0 aliphatic carbocycles. The fourth-order valence-corrected chi connectivity index (χ4v) is 3.03. The predicted octanol–water partition coefficient (Wildman–Crippen LogP) is 4.08. The molecule has 0 fully saturated rings. The standard InChI is InChI=1S/C19H24N2O2S/c1-14(22)11-16(15-7-4-3-5-8-15)13-20-19(23)21-17-9-6-10-18(12-17)24-2/h3-10,12,14,16,22H,11,13H2,1-2H3,(H2,20,21,23). The van der Waals surface area contributed by atoms with Gasteiger partial charge >= 0.3 is 6.03 Å². The lowest BCUT2D eigenvalue weighted by molar-refractivity contribution is 0.173. The number of rotatable bonds is 7. The van der Waals surface area contributed by atoms with Gasteiger partial charge in [0, 0.05) is 23.0 Å². The van der Waals surface area contributed by atoms with Crippen molar-refractivity contribution in [3.8, 4) is 0 Å². The molecule has 2 amide bonds. The Morgan fingerprint density at radius 1 is 1.17 bits per heavy atom. The topological polar surface area (TPSA) is 61.4 Å². The van der Waals surface area contributed by atoms with Gasteiger partial charge in [0.15, 0.2) is 0 Å². The molecule has 24 heavy (non-hydrogen) atoms. The van der Waals surface area contributed by atoms with Crippen LogP contribution in [0.2, 0.25) is 0 Å². The minimum atomic E-state index is -0.418. The van der Waals surface area contributed by atoms with Crippen molar-refractivity contribution in [1.82, 2.24) is 5.32 Å². The molecule has 0 saturated heterocycles. The van der Waals surface area contributed by atoms with E-state index < -0.39 is 6.10 Å². The van der Waals surface area contributed by atoms with E-state index in [1.807, 2.05) is 60.9 Å². The molecule has 0 spiro atoms. The minimum absolute atomic E-state index is 0.0782. The molecule has 3 N–H and O–H groups in total. The van der Waals surface area contributed by atoms with E-state index in [0.717, 1.165) is 16.1 Å². The van der Waals surface area contributed by atoms with Gasteiger partial charge in [0.1, 0.15) is 0 Å². The van der Waals surface area contributed by atoms with Crippen molar-refractivity contribution < 1.29 is 9.90 Å². The zero-order chi connectivity index (χ0) is 17.4. The summed E-state index contributed by atoms with van der Waals surface area (Å²) in [6.45, 7) is 2.24. The van der Waals surface area contributed by atoms with Crippen LogP contribution in [0.15, 0.2) is 59.5 Å². The zero-order valence-corrected chi connectivity index (χ0v) is 14.8. The summed E-state index contributed by atoms with van der Waals surface area (Å²) in [5.41, 5.74) is 1.88. The van der Waals surface area contributed by atoms with Gasteiger partial charge in [0.2, 0.25) is 0 Å². The first-order valence-electron chi connectivity index (χ1n) is 8.00. The maximum absolute atomic E-state index is 12.1. The van der Waals surface area contributed by atoms with Crippen molar-refractivity contribution in [3.63, 3.8) is 0 Å². The molecular formula is C19H24N2O2S. The van der Waals surface area contributed by atoms with E-state index in [0.29, 0.717) is 13.0 Å². The molecule has 0 saturated carbocycles. The van der Waals surface area contributed by atoms with Gasteiger partial charge in [-0.15, -0.1) is 11.8 Å². The number of carbonyl (C=O) groups is 1. The van der Waals surface area contributed by atoms with Crippen LogP contribution in [0.1, 0.15) is 24.8 Å². The van der Waals surface area contributed by atoms with Crippen LogP contribution in [0.3, 0.4) is 0 Å². The molecule has 2 aromatic rings. The molecule has 0 aromatic heterocycles. The van der Waals surface area contributed by atoms with Crippen LogP contribution in [-0.2, 0) is 0 Å². The second-order valence-corrected chi connectivity index (χ2v) is 6.64. The van der Waals surface area contributed by atoms with Gasteiger partial charge in [-0.2, -0.15) is 0 Å². The summed E-state index contributed by atoms with van der Waals surface area (Å²) in [7, 11) is 0.